The van der Waals surface area contributed by atoms with Gasteiger partial charge in [-0.15, -0.1) is 0 Å². The molecule has 3 nitrogen and oxygen atoms in total. The van der Waals surface area contributed by atoms with Crippen LogP contribution in [0, 0.1) is 6.92 Å². The highest BCUT2D eigenvalue weighted by Crippen LogP contribution is 2.15. The molecule has 0 unspecified atom stereocenters. The molecule has 2 rings (SSSR count). The van der Waals surface area contributed by atoms with Crippen LogP contribution in [0.3, 0.4) is 0 Å². The first-order valence-electron chi connectivity index (χ1n) is 5.55. The molecule has 1 aromatic carbocycles. The van der Waals surface area contributed by atoms with E-state index >= 15 is 0 Å². The molecular weight excluding hydrogens is 202 g/mol. The van der Waals surface area contributed by atoms with E-state index in [1.807, 2.05) is 31.2 Å². The fourth-order valence-electron chi connectivity index (χ4n) is 1.85. The topological polar surface area (TPSA) is 37.4 Å². The van der Waals surface area contributed by atoms with Gasteiger partial charge in [0.05, 0.1) is 6.54 Å². The largest absolute Gasteiger partial charge is 0.278 e. The van der Waals surface area contributed by atoms with Gasteiger partial charge in [0.15, 0.2) is 0 Å². The van der Waals surface area contributed by atoms with Gasteiger partial charge in [0.2, 0.25) is 11.8 Å². The molecule has 0 aliphatic carbocycles. The van der Waals surface area contributed by atoms with Gasteiger partial charge in [-0.05, 0) is 18.9 Å². The average Bonchev–Trinajstić information content (AvgIpc) is 2.26. The Kier molecular flexibility index (Phi) is 3.04. The van der Waals surface area contributed by atoms with Crippen LogP contribution in [0.25, 0.3) is 0 Å². The number of amides is 2. The molecule has 0 spiro atoms. The minimum atomic E-state index is -0.0446. The van der Waals surface area contributed by atoms with E-state index in [-0.39, 0.29) is 11.8 Å². The minimum absolute atomic E-state index is 0.0446. The van der Waals surface area contributed by atoms with Crippen molar-refractivity contribution < 1.29 is 9.59 Å². The quantitative estimate of drug-likeness (QED) is 0.711. The second-order valence-electron chi connectivity index (χ2n) is 4.21. The Hall–Kier alpha value is -1.64. The summed E-state index contributed by atoms with van der Waals surface area (Å²) in [6.45, 7) is 2.43. The Bertz CT molecular complexity index is 392. The van der Waals surface area contributed by atoms with Gasteiger partial charge in [0, 0.05) is 12.8 Å². The number of likely N-dealkylation sites (tertiary alicyclic amines) is 1. The summed E-state index contributed by atoms with van der Waals surface area (Å²) in [6, 6.07) is 7.91. The van der Waals surface area contributed by atoms with Crippen molar-refractivity contribution in [2.24, 2.45) is 0 Å². The maximum Gasteiger partial charge on any atom is 0.229 e. The van der Waals surface area contributed by atoms with Crippen LogP contribution in [0.1, 0.15) is 30.4 Å². The molecule has 0 bridgehead atoms. The predicted molar refractivity (Wildman–Crippen MR) is 60.6 cm³/mol. The molecule has 2 amide bonds. The molecule has 0 atom stereocenters. The van der Waals surface area contributed by atoms with Crippen molar-refractivity contribution >= 4 is 11.8 Å². The lowest BCUT2D eigenvalue weighted by molar-refractivity contribution is -0.148. The van der Waals surface area contributed by atoms with Crippen molar-refractivity contribution in [2.75, 3.05) is 0 Å². The fraction of sp³-hybridized carbons (Fsp3) is 0.385. The number of hydrogen-bond donors (Lipinski definition) is 0. The number of hydrogen-bond acceptors (Lipinski definition) is 2. The Balaban J connectivity index is 2.10. The SMILES string of the molecule is Cc1ccc(CN2C(=O)CCCC2=O)cc1. The lowest BCUT2D eigenvalue weighted by Gasteiger charge is -2.24. The zero-order valence-corrected chi connectivity index (χ0v) is 9.40. The Labute approximate surface area is 95.1 Å². The Morgan fingerprint density at radius 2 is 1.62 bits per heavy atom. The van der Waals surface area contributed by atoms with Gasteiger partial charge in [-0.3, -0.25) is 14.5 Å². The van der Waals surface area contributed by atoms with Crippen molar-refractivity contribution in [3.8, 4) is 0 Å². The first-order chi connectivity index (χ1) is 7.66. The van der Waals surface area contributed by atoms with Gasteiger partial charge >= 0.3 is 0 Å². The van der Waals surface area contributed by atoms with Crippen molar-refractivity contribution in [3.63, 3.8) is 0 Å². The standard InChI is InChI=1S/C13H15NO2/c1-10-5-7-11(8-6-10)9-14-12(15)3-2-4-13(14)16/h5-8H,2-4,9H2,1H3. The van der Waals surface area contributed by atoms with Crippen molar-refractivity contribution in [3.05, 3.63) is 35.4 Å². The van der Waals surface area contributed by atoms with E-state index in [4.69, 9.17) is 0 Å². The van der Waals surface area contributed by atoms with Crippen LogP contribution in [-0.4, -0.2) is 16.7 Å². The molecule has 1 aromatic rings. The first-order valence-corrected chi connectivity index (χ1v) is 5.55. The average molecular weight is 217 g/mol. The summed E-state index contributed by atoms with van der Waals surface area (Å²) in [5.74, 6) is -0.0892. The van der Waals surface area contributed by atoms with Crippen molar-refractivity contribution in [2.45, 2.75) is 32.7 Å². The van der Waals surface area contributed by atoms with Gasteiger partial charge in [-0.1, -0.05) is 29.8 Å². The number of benzene rings is 1. The molecule has 0 aromatic heterocycles. The van der Waals surface area contributed by atoms with Gasteiger partial charge < -0.3 is 0 Å². The molecule has 0 saturated carbocycles. The summed E-state index contributed by atoms with van der Waals surface area (Å²) in [5.41, 5.74) is 2.19. The monoisotopic (exact) mass is 217 g/mol. The number of aryl methyl sites for hydroxylation is 1. The molecule has 3 heteroatoms. The normalized spacial score (nSPS) is 16.7. The zero-order chi connectivity index (χ0) is 11.5. The smallest absolute Gasteiger partial charge is 0.229 e. The molecule has 1 saturated heterocycles. The van der Waals surface area contributed by atoms with Crippen LogP contribution in [0.4, 0.5) is 0 Å². The number of carbonyl (C=O) groups excluding carboxylic acids is 2. The van der Waals surface area contributed by atoms with E-state index in [1.54, 1.807) is 0 Å². The first kappa shape index (κ1) is 10.9. The second-order valence-corrected chi connectivity index (χ2v) is 4.21. The highest BCUT2D eigenvalue weighted by Gasteiger charge is 2.25. The Morgan fingerprint density at radius 1 is 1.06 bits per heavy atom. The predicted octanol–water partition coefficient (Wildman–Crippen LogP) is 2.03. The van der Waals surface area contributed by atoms with E-state index in [2.05, 4.69) is 0 Å². The Morgan fingerprint density at radius 3 is 2.19 bits per heavy atom. The van der Waals surface area contributed by atoms with Crippen LogP contribution in [0.2, 0.25) is 0 Å². The fourth-order valence-corrected chi connectivity index (χ4v) is 1.85. The number of nitrogens with zero attached hydrogens (tertiary/aromatic N) is 1. The van der Waals surface area contributed by atoms with Gasteiger partial charge in [0.1, 0.15) is 0 Å². The molecule has 1 aliphatic rings. The summed E-state index contributed by atoms with van der Waals surface area (Å²) in [4.78, 5) is 24.5. The van der Waals surface area contributed by atoms with Crippen LogP contribution in [-0.2, 0) is 16.1 Å². The van der Waals surface area contributed by atoms with E-state index in [0.717, 1.165) is 5.56 Å². The molecule has 84 valence electrons. The molecular formula is C13H15NO2. The van der Waals surface area contributed by atoms with Crippen molar-refractivity contribution in [1.82, 2.24) is 4.90 Å². The van der Waals surface area contributed by atoms with E-state index in [9.17, 15) is 9.59 Å². The lowest BCUT2D eigenvalue weighted by Crippen LogP contribution is -2.39. The van der Waals surface area contributed by atoms with Gasteiger partial charge in [-0.25, -0.2) is 0 Å². The molecule has 1 aliphatic heterocycles. The molecule has 0 radical (unpaired) electrons. The molecule has 16 heavy (non-hydrogen) atoms. The summed E-state index contributed by atoms with van der Waals surface area (Å²) in [7, 11) is 0. The minimum Gasteiger partial charge on any atom is -0.278 e. The van der Waals surface area contributed by atoms with Crippen LogP contribution in [0.5, 0.6) is 0 Å². The third kappa shape index (κ3) is 2.30. The second kappa shape index (κ2) is 4.47. The highest BCUT2D eigenvalue weighted by atomic mass is 16.2. The van der Waals surface area contributed by atoms with E-state index in [1.165, 1.54) is 10.5 Å². The van der Waals surface area contributed by atoms with Crippen molar-refractivity contribution in [1.29, 1.82) is 0 Å². The third-order valence-corrected chi connectivity index (χ3v) is 2.84. The van der Waals surface area contributed by atoms with Crippen LogP contribution in [0.15, 0.2) is 24.3 Å². The maximum absolute atomic E-state index is 11.6. The maximum atomic E-state index is 11.6. The number of imide groups is 1. The number of rotatable bonds is 2. The molecule has 1 heterocycles. The van der Waals surface area contributed by atoms with Gasteiger partial charge in [0.25, 0.3) is 0 Å². The number of carbonyl (C=O) groups is 2. The molecule has 0 N–H and O–H groups in total. The van der Waals surface area contributed by atoms with Crippen LogP contribution >= 0.6 is 0 Å². The van der Waals surface area contributed by atoms with E-state index in [0.29, 0.717) is 25.8 Å². The van der Waals surface area contributed by atoms with E-state index < -0.39 is 0 Å². The summed E-state index contributed by atoms with van der Waals surface area (Å²) >= 11 is 0. The third-order valence-electron chi connectivity index (χ3n) is 2.84. The van der Waals surface area contributed by atoms with Crippen LogP contribution < -0.4 is 0 Å². The number of piperidine rings is 1. The summed E-state index contributed by atoms with van der Waals surface area (Å²) < 4.78 is 0. The zero-order valence-electron chi connectivity index (χ0n) is 9.40. The van der Waals surface area contributed by atoms with Gasteiger partial charge in [-0.2, -0.15) is 0 Å². The summed E-state index contributed by atoms with van der Waals surface area (Å²) in [5, 5.41) is 0. The highest BCUT2D eigenvalue weighted by molar-refractivity contribution is 5.97. The summed E-state index contributed by atoms with van der Waals surface area (Å²) in [6.07, 6.45) is 1.69. The molecule has 1 fully saturated rings. The lowest BCUT2D eigenvalue weighted by atomic mass is 10.1.